The third-order valence-corrected chi connectivity index (χ3v) is 25.2. The van der Waals surface area contributed by atoms with Gasteiger partial charge in [-0.25, -0.2) is 29.9 Å². The van der Waals surface area contributed by atoms with Crippen LogP contribution in [0, 0.1) is 0 Å². The van der Waals surface area contributed by atoms with Crippen molar-refractivity contribution in [1.82, 2.24) is 29.9 Å². The Bertz CT molecular complexity index is 8640. The summed E-state index contributed by atoms with van der Waals surface area (Å²) in [4.78, 5) is 31.6. The summed E-state index contributed by atoms with van der Waals surface area (Å²) in [6, 6.07) is 150. The highest BCUT2D eigenvalue weighted by molar-refractivity contribution is 6.20. The maximum absolute atomic E-state index is 6.90. The molecule has 0 saturated carbocycles. The van der Waals surface area contributed by atoms with Crippen molar-refractivity contribution in [2.24, 2.45) is 0 Å². The summed E-state index contributed by atoms with van der Waals surface area (Å²) in [5.74, 6) is 3.55. The number of hydrogen-bond donors (Lipinski definition) is 0. The quantitative estimate of drug-likeness (QED) is 0.105. The van der Waals surface area contributed by atoms with E-state index < -0.39 is 0 Å². The maximum atomic E-state index is 6.90. The fourth-order valence-electron chi connectivity index (χ4n) is 18.8. The number of nitrogens with zero attached hydrogens (tertiary/aromatic N) is 6. The van der Waals surface area contributed by atoms with Crippen molar-refractivity contribution in [3.8, 4) is 157 Å². The lowest BCUT2D eigenvalue weighted by Crippen LogP contribution is -2.01. The second-order valence-corrected chi connectivity index (χ2v) is 32.7. The van der Waals surface area contributed by atoms with Crippen LogP contribution in [0.4, 0.5) is 0 Å². The zero-order chi connectivity index (χ0) is 83.6. The number of furan rings is 3. The number of benzene rings is 20. The zero-order valence-electron chi connectivity index (χ0n) is 68.3. The third-order valence-electron chi connectivity index (χ3n) is 25.2. The molecule has 0 aliphatic carbocycles. The second kappa shape index (κ2) is 29.9. The van der Waals surface area contributed by atoms with Gasteiger partial charge in [0.05, 0.1) is 0 Å². The van der Waals surface area contributed by atoms with Gasteiger partial charge >= 0.3 is 0 Å². The van der Waals surface area contributed by atoms with E-state index in [0.717, 1.165) is 221 Å². The highest BCUT2D eigenvalue weighted by atomic mass is 16.3. The Morgan fingerprint density at radius 3 is 0.969 bits per heavy atom. The van der Waals surface area contributed by atoms with Gasteiger partial charge in [0.25, 0.3) is 0 Å². The maximum Gasteiger partial charge on any atom is 0.164 e. The van der Waals surface area contributed by atoms with Crippen molar-refractivity contribution in [2.45, 2.75) is 0 Å². The summed E-state index contributed by atoms with van der Waals surface area (Å²) >= 11 is 0. The Labute approximate surface area is 729 Å². The summed E-state index contributed by atoms with van der Waals surface area (Å²) < 4.78 is 20.5. The summed E-state index contributed by atoms with van der Waals surface area (Å²) in [5.41, 5.74) is 27.8. The van der Waals surface area contributed by atoms with Gasteiger partial charge < -0.3 is 13.3 Å². The highest BCUT2D eigenvalue weighted by Crippen LogP contribution is 2.48. The van der Waals surface area contributed by atoms with E-state index in [0.29, 0.717) is 34.9 Å². The fraction of sp³-hybridized carbons (Fsp3) is 0. The minimum Gasteiger partial charge on any atom is -0.456 e. The van der Waals surface area contributed by atoms with E-state index >= 15 is 0 Å². The Morgan fingerprint density at radius 2 is 0.441 bits per heavy atom. The molecule has 0 aliphatic heterocycles. The summed E-state index contributed by atoms with van der Waals surface area (Å²) in [6.07, 6.45) is 0. The lowest BCUT2D eigenvalue weighted by atomic mass is 9.92. The van der Waals surface area contributed by atoms with Gasteiger partial charge in [-0.3, -0.25) is 0 Å². The van der Waals surface area contributed by atoms with E-state index in [2.05, 4.69) is 413 Å². The van der Waals surface area contributed by atoms with Gasteiger partial charge in [0.1, 0.15) is 33.5 Å². The number of aromatic nitrogens is 6. The molecule has 0 unspecified atom stereocenters. The number of para-hydroxylation sites is 1. The van der Waals surface area contributed by atoms with Crippen LogP contribution in [0.2, 0.25) is 0 Å². The fourth-order valence-corrected chi connectivity index (χ4v) is 18.8. The van der Waals surface area contributed by atoms with Crippen molar-refractivity contribution in [3.63, 3.8) is 0 Å². The van der Waals surface area contributed by atoms with Gasteiger partial charge in [-0.1, -0.05) is 352 Å². The average molecular weight is 1620 g/mol. The molecule has 25 rings (SSSR count). The first-order valence-electron chi connectivity index (χ1n) is 42.8. The molecule has 25 aromatic rings. The molecule has 0 saturated heterocycles. The number of hydrogen-bond acceptors (Lipinski definition) is 9. The predicted octanol–water partition coefficient (Wildman–Crippen LogP) is 31.7. The lowest BCUT2D eigenvalue weighted by Gasteiger charge is -2.14. The average Bonchev–Trinajstić information content (AvgIpc) is 1.64. The van der Waals surface area contributed by atoms with Gasteiger partial charge in [0, 0.05) is 71.3 Å². The first-order chi connectivity index (χ1) is 62.8. The molecule has 0 atom stereocenters. The highest BCUT2D eigenvalue weighted by Gasteiger charge is 2.24. The van der Waals surface area contributed by atoms with Crippen molar-refractivity contribution in [3.05, 3.63) is 425 Å². The first kappa shape index (κ1) is 72.7. The van der Waals surface area contributed by atoms with Crippen LogP contribution in [0.25, 0.3) is 266 Å². The Balaban J connectivity index is 0.500. The molecule has 127 heavy (non-hydrogen) atoms. The molecule has 5 aromatic heterocycles. The molecule has 9 nitrogen and oxygen atoms in total. The van der Waals surface area contributed by atoms with Gasteiger partial charge in [-0.15, -0.1) is 0 Å². The molecule has 9 heteroatoms. The second-order valence-electron chi connectivity index (χ2n) is 32.7. The molecular formula is C118H70N6O3. The molecule has 0 fully saturated rings. The predicted molar refractivity (Wildman–Crippen MR) is 521 cm³/mol. The largest absolute Gasteiger partial charge is 0.456 e. The third kappa shape index (κ3) is 12.9. The SMILES string of the molecule is c1ccc(-c2ccc(-c3nc(-c4ccc(-c5ccccc5)cc4)nc(-c4ccc(-c5cccc6oc7cc(-c8cccc9oc%10cc(-c%11ccc(-c%12ccc(-c%13nc(-c%14ccc%15ccccc%15c%14)nc(-c%14ccc%15ccc(-c%16cccc%17oc%18c(-c%19ccc%20ccccc%20c%19)cccc%18c%16%17)cc%15c%14)n%13)cc%12)cc%11)ccc%10c89)ccc7c56)c5ccccc45)n3)cc2)cc1. The van der Waals surface area contributed by atoms with Crippen LogP contribution in [-0.2, 0) is 0 Å². The van der Waals surface area contributed by atoms with E-state index in [-0.39, 0.29) is 0 Å². The molecule has 0 spiro atoms. The Hall–Kier alpha value is -17.1. The molecule has 0 bridgehead atoms. The lowest BCUT2D eigenvalue weighted by molar-refractivity contribution is 0.668. The molecule has 5 heterocycles. The van der Waals surface area contributed by atoms with Gasteiger partial charge in [-0.2, -0.15) is 0 Å². The minimum atomic E-state index is 0.585. The summed E-state index contributed by atoms with van der Waals surface area (Å²) in [5, 5.41) is 15.3. The van der Waals surface area contributed by atoms with Crippen molar-refractivity contribution in [2.75, 3.05) is 0 Å². The molecule has 20 aromatic carbocycles. The van der Waals surface area contributed by atoms with Crippen LogP contribution in [0.3, 0.4) is 0 Å². The van der Waals surface area contributed by atoms with Crippen LogP contribution >= 0.6 is 0 Å². The smallest absolute Gasteiger partial charge is 0.164 e. The molecule has 0 radical (unpaired) electrons. The van der Waals surface area contributed by atoms with Crippen LogP contribution in [0.1, 0.15) is 0 Å². The molecule has 0 amide bonds. The van der Waals surface area contributed by atoms with E-state index in [4.69, 9.17) is 43.2 Å². The molecule has 590 valence electrons. The summed E-state index contributed by atoms with van der Waals surface area (Å²) in [7, 11) is 0. The Morgan fingerprint density at radius 1 is 0.134 bits per heavy atom. The van der Waals surface area contributed by atoms with Crippen LogP contribution in [0.15, 0.2) is 438 Å². The first-order valence-corrected chi connectivity index (χ1v) is 42.8. The molecule has 0 N–H and O–H groups in total. The van der Waals surface area contributed by atoms with Crippen LogP contribution in [-0.4, -0.2) is 29.9 Å². The zero-order valence-corrected chi connectivity index (χ0v) is 68.3. The Kier molecular flexibility index (Phi) is 17.1. The van der Waals surface area contributed by atoms with Gasteiger partial charge in [-0.05, 0) is 199 Å². The van der Waals surface area contributed by atoms with Crippen molar-refractivity contribution in [1.29, 1.82) is 0 Å². The van der Waals surface area contributed by atoms with E-state index in [1.54, 1.807) is 0 Å². The number of fused-ring (bicyclic) bond motifs is 13. The minimum absolute atomic E-state index is 0.585. The van der Waals surface area contributed by atoms with Gasteiger partial charge in [0.2, 0.25) is 0 Å². The van der Waals surface area contributed by atoms with Crippen LogP contribution < -0.4 is 0 Å². The summed E-state index contributed by atoms with van der Waals surface area (Å²) in [6.45, 7) is 0. The topological polar surface area (TPSA) is 117 Å². The standard InChI is InChI=1S/C118H70N6O3/c1-3-17-71(18-4-1)75-39-49-82(50-40-75)114-119-115(83-51-41-76(42-52-83)72-19-5-2-6-20-72)124-118(123-114)100-64-63-98(96-25-11-12-26-97(96)100)99-30-16-33-105-111(99)102-62-60-89(70-108(102)126-105)94-28-14-32-104-109(94)101-61-59-86(69-107(101)125-104)79-37-35-77(36-38-79)78-43-53-81(54-44-78)113-120-116(90-57-47-74-22-8-10-24-85(74)66-90)122-117(121-113)91-58-48-80-46-55-87(67-92(80)68-91)93-27-15-34-106-110(93)103-31-13-29-95(112(103)127-106)88-56-45-73-21-7-9-23-84(73)65-88/h1-70H. The monoisotopic (exact) mass is 1620 g/mol. The van der Waals surface area contributed by atoms with E-state index in [1.807, 2.05) is 12.1 Å². The van der Waals surface area contributed by atoms with Crippen molar-refractivity contribution < 1.29 is 13.3 Å². The number of rotatable bonds is 14. The van der Waals surface area contributed by atoms with Crippen molar-refractivity contribution >= 4 is 109 Å². The van der Waals surface area contributed by atoms with Crippen LogP contribution in [0.5, 0.6) is 0 Å². The van der Waals surface area contributed by atoms with E-state index in [9.17, 15) is 0 Å². The molecular weight excluding hydrogens is 1550 g/mol. The van der Waals surface area contributed by atoms with Gasteiger partial charge in [0.15, 0.2) is 34.9 Å². The normalized spacial score (nSPS) is 11.8. The molecule has 0 aliphatic rings. The van der Waals surface area contributed by atoms with E-state index in [1.165, 1.54) is 10.8 Å².